The predicted octanol–water partition coefficient (Wildman–Crippen LogP) is 12.8. The quantitative estimate of drug-likeness (QED) is 0.181. The van der Waals surface area contributed by atoms with E-state index in [0.29, 0.717) is 10.8 Å². The highest BCUT2D eigenvalue weighted by Crippen LogP contribution is 2.41. The summed E-state index contributed by atoms with van der Waals surface area (Å²) in [7, 11) is 0. The maximum absolute atomic E-state index is 2.38. The van der Waals surface area contributed by atoms with Crippen molar-refractivity contribution in [1.82, 2.24) is 0 Å². The summed E-state index contributed by atoms with van der Waals surface area (Å²) in [5, 5.41) is 0. The van der Waals surface area contributed by atoms with Crippen LogP contribution in [0, 0.1) is 10.8 Å². The van der Waals surface area contributed by atoms with Crippen LogP contribution in [0.25, 0.3) is 0 Å². The highest BCUT2D eigenvalue weighted by atomic mass is 14.3. The molecular formula is C40H58. The maximum Gasteiger partial charge on any atom is -0.0104 e. The molecule has 0 amide bonds. The van der Waals surface area contributed by atoms with E-state index in [1.165, 1.54) is 72.0 Å². The van der Waals surface area contributed by atoms with Gasteiger partial charge in [-0.2, -0.15) is 0 Å². The first-order chi connectivity index (χ1) is 18.8. The van der Waals surface area contributed by atoms with Gasteiger partial charge in [-0.25, -0.2) is 0 Å². The molecule has 40 heavy (non-hydrogen) atoms. The molecule has 218 valence electrons. The average molecular weight is 539 g/mol. The second kappa shape index (κ2) is 16.0. The van der Waals surface area contributed by atoms with Crippen molar-refractivity contribution in [3.05, 3.63) is 117 Å². The molecule has 0 aromatic rings. The zero-order valence-electron chi connectivity index (χ0n) is 27.6. The minimum Gasteiger partial charge on any atom is -0.0813 e. The molecule has 0 aromatic heterocycles. The van der Waals surface area contributed by atoms with E-state index in [4.69, 9.17) is 0 Å². The summed E-state index contributed by atoms with van der Waals surface area (Å²) in [4.78, 5) is 0. The SMILES string of the molecule is CC1=C(/C=C/C(C)=C\C=C/C(C)=C/CC/C=C(C)/C=C/C=C(C)/C=C/C2=C(C)CCCC2(C)C)C(C)(C)CCC1. The van der Waals surface area contributed by atoms with E-state index in [1.54, 1.807) is 11.1 Å². The van der Waals surface area contributed by atoms with Gasteiger partial charge in [0.15, 0.2) is 0 Å². The molecule has 0 aliphatic heterocycles. The lowest BCUT2D eigenvalue weighted by atomic mass is 9.72. The molecule has 0 saturated carbocycles. The number of hydrogen-bond donors (Lipinski definition) is 0. The molecule has 0 saturated heterocycles. The van der Waals surface area contributed by atoms with Crippen molar-refractivity contribution in [3.63, 3.8) is 0 Å². The maximum atomic E-state index is 2.38. The van der Waals surface area contributed by atoms with Crippen LogP contribution in [0.1, 0.15) is 121 Å². The minimum atomic E-state index is 0.299. The third kappa shape index (κ3) is 11.5. The Labute approximate surface area is 248 Å². The lowest BCUT2D eigenvalue weighted by Crippen LogP contribution is -2.19. The van der Waals surface area contributed by atoms with Crippen LogP contribution < -0.4 is 0 Å². The molecule has 0 aromatic carbocycles. The van der Waals surface area contributed by atoms with E-state index in [0.717, 1.165) is 12.8 Å². The highest BCUT2D eigenvalue weighted by Gasteiger charge is 2.27. The number of unbranched alkanes of at least 4 members (excludes halogenated alkanes) is 1. The fourth-order valence-corrected chi connectivity index (χ4v) is 6.02. The topological polar surface area (TPSA) is 0 Å². The zero-order chi connectivity index (χ0) is 29.8. The summed E-state index contributed by atoms with van der Waals surface area (Å²) in [6, 6.07) is 0. The van der Waals surface area contributed by atoms with Crippen LogP contribution >= 0.6 is 0 Å². The lowest BCUT2D eigenvalue weighted by Gasteiger charge is -2.33. The van der Waals surface area contributed by atoms with Gasteiger partial charge >= 0.3 is 0 Å². The summed E-state index contributed by atoms with van der Waals surface area (Å²) >= 11 is 0. The Morgan fingerprint density at radius 1 is 0.575 bits per heavy atom. The molecule has 0 spiro atoms. The van der Waals surface area contributed by atoms with Gasteiger partial charge in [-0.3, -0.25) is 0 Å². The van der Waals surface area contributed by atoms with Crippen LogP contribution in [-0.4, -0.2) is 0 Å². The first-order valence-corrected chi connectivity index (χ1v) is 15.6. The largest absolute Gasteiger partial charge is 0.0813 e. The van der Waals surface area contributed by atoms with Gasteiger partial charge in [0.2, 0.25) is 0 Å². The van der Waals surface area contributed by atoms with Crippen molar-refractivity contribution in [2.24, 2.45) is 10.8 Å². The molecule has 0 bridgehead atoms. The molecule has 0 heterocycles. The smallest absolute Gasteiger partial charge is 0.0104 e. The predicted molar refractivity (Wildman–Crippen MR) is 181 cm³/mol. The molecule has 2 aliphatic carbocycles. The van der Waals surface area contributed by atoms with Gasteiger partial charge in [-0.05, 0) is 115 Å². The van der Waals surface area contributed by atoms with Gasteiger partial charge in [0.1, 0.15) is 0 Å². The molecule has 0 heteroatoms. The molecule has 0 radical (unpaired) electrons. The summed E-state index contributed by atoms with van der Waals surface area (Å²) in [6.07, 6.45) is 37.0. The standard InChI is InChI=1S/C40H58/c1-31(19-13-21-33(3)25-27-37-35(5)23-15-29-39(37,7)8)17-11-12-18-32(2)20-14-22-34(4)26-28-38-36(6)24-16-30-40(38,9)10/h13-14,17-22,25-28H,11-12,15-16,23-24,29-30H2,1-10H3/b19-13-,20-14+,27-25+,28-26+,31-17+,32-18+,33-21-,34-22+. The van der Waals surface area contributed by atoms with Crippen molar-refractivity contribution in [3.8, 4) is 0 Å². The summed E-state index contributed by atoms with van der Waals surface area (Å²) in [5.41, 5.74) is 12.0. The Morgan fingerprint density at radius 3 is 1.30 bits per heavy atom. The van der Waals surface area contributed by atoms with Gasteiger partial charge in [-0.1, -0.05) is 134 Å². The van der Waals surface area contributed by atoms with Crippen molar-refractivity contribution in [1.29, 1.82) is 0 Å². The first kappa shape index (κ1) is 33.6. The van der Waals surface area contributed by atoms with Gasteiger partial charge < -0.3 is 0 Å². The summed E-state index contributed by atoms with van der Waals surface area (Å²) in [6.45, 7) is 22.9. The second-order valence-corrected chi connectivity index (χ2v) is 13.5. The van der Waals surface area contributed by atoms with E-state index < -0.39 is 0 Å². The van der Waals surface area contributed by atoms with Gasteiger partial charge in [-0.15, -0.1) is 0 Å². The highest BCUT2D eigenvalue weighted by molar-refractivity contribution is 5.38. The van der Waals surface area contributed by atoms with Crippen LogP contribution in [0.2, 0.25) is 0 Å². The van der Waals surface area contributed by atoms with Crippen molar-refractivity contribution in [2.45, 2.75) is 121 Å². The molecule has 0 nitrogen and oxygen atoms in total. The van der Waals surface area contributed by atoms with Crippen LogP contribution in [0.3, 0.4) is 0 Å². The normalized spacial score (nSPS) is 21.8. The Bertz CT molecular complexity index is 1070. The first-order valence-electron chi connectivity index (χ1n) is 15.6. The van der Waals surface area contributed by atoms with Crippen LogP contribution in [-0.2, 0) is 0 Å². The number of allylic oxidation sites excluding steroid dienone is 20. The minimum absolute atomic E-state index is 0.299. The van der Waals surface area contributed by atoms with Crippen molar-refractivity contribution < 1.29 is 0 Å². The summed E-state index contributed by atoms with van der Waals surface area (Å²) < 4.78 is 0. The Kier molecular flexibility index (Phi) is 13.4. The molecule has 0 fully saturated rings. The Morgan fingerprint density at radius 2 is 0.950 bits per heavy atom. The monoisotopic (exact) mass is 538 g/mol. The van der Waals surface area contributed by atoms with Gasteiger partial charge in [0.25, 0.3) is 0 Å². The van der Waals surface area contributed by atoms with E-state index in [1.807, 2.05) is 0 Å². The van der Waals surface area contributed by atoms with E-state index >= 15 is 0 Å². The van der Waals surface area contributed by atoms with Crippen molar-refractivity contribution >= 4 is 0 Å². The average Bonchev–Trinajstić information content (AvgIpc) is 2.85. The molecule has 0 N–H and O–H groups in total. The Hall–Kier alpha value is -2.60. The van der Waals surface area contributed by atoms with E-state index in [9.17, 15) is 0 Å². The van der Waals surface area contributed by atoms with E-state index in [2.05, 4.69) is 142 Å². The third-order valence-electron chi connectivity index (χ3n) is 8.65. The molecule has 2 rings (SSSR count). The summed E-state index contributed by atoms with van der Waals surface area (Å²) in [5.74, 6) is 0. The lowest BCUT2D eigenvalue weighted by molar-refractivity contribution is 0.376. The third-order valence-corrected chi connectivity index (χ3v) is 8.65. The Balaban J connectivity index is 1.82. The van der Waals surface area contributed by atoms with Gasteiger partial charge in [0, 0.05) is 0 Å². The zero-order valence-corrected chi connectivity index (χ0v) is 27.6. The fraction of sp³-hybridized carbons (Fsp3) is 0.500. The van der Waals surface area contributed by atoms with Crippen molar-refractivity contribution in [2.75, 3.05) is 0 Å². The van der Waals surface area contributed by atoms with Gasteiger partial charge in [0.05, 0.1) is 0 Å². The fourth-order valence-electron chi connectivity index (χ4n) is 6.02. The number of rotatable bonds is 11. The van der Waals surface area contributed by atoms with Crippen LogP contribution in [0.5, 0.6) is 0 Å². The molecule has 0 atom stereocenters. The van der Waals surface area contributed by atoms with E-state index in [-0.39, 0.29) is 0 Å². The van der Waals surface area contributed by atoms with Crippen LogP contribution in [0.4, 0.5) is 0 Å². The molecule has 0 unspecified atom stereocenters. The number of hydrogen-bond acceptors (Lipinski definition) is 0. The van der Waals surface area contributed by atoms with Crippen LogP contribution in [0.15, 0.2) is 117 Å². The molecular weight excluding hydrogens is 480 g/mol. The second-order valence-electron chi connectivity index (χ2n) is 13.5. The molecule has 2 aliphatic rings.